The molecule has 1 N–H and O–H groups in total. The zero-order chi connectivity index (χ0) is 14.5. The number of aryl methyl sites for hydroxylation is 1. The van der Waals surface area contributed by atoms with E-state index in [2.05, 4.69) is 41.2 Å². The van der Waals surface area contributed by atoms with Gasteiger partial charge in [0, 0.05) is 12.2 Å². The fourth-order valence-electron chi connectivity index (χ4n) is 2.35. The van der Waals surface area contributed by atoms with Crippen LogP contribution in [0.3, 0.4) is 0 Å². The second-order valence-corrected chi connectivity index (χ2v) is 4.99. The molecule has 108 valence electrons. The summed E-state index contributed by atoms with van der Waals surface area (Å²) in [6, 6.07) is 4.24. The maximum atomic E-state index is 5.42. The standard InChI is InChI=1S/C15H22N4O/c1-5-12(16-6-2)11(4)15-18-14(19-20-15)13-10(3)8-7-9-17-13/h7-9,11-12,16H,5-6H2,1-4H3. The minimum atomic E-state index is 0.185. The Morgan fingerprint density at radius 3 is 2.80 bits per heavy atom. The van der Waals surface area contributed by atoms with Crippen LogP contribution in [-0.4, -0.2) is 27.7 Å². The average molecular weight is 274 g/mol. The molecule has 0 spiro atoms. The van der Waals surface area contributed by atoms with Gasteiger partial charge in [-0.05, 0) is 31.5 Å². The van der Waals surface area contributed by atoms with Crippen molar-refractivity contribution < 1.29 is 4.52 Å². The fourth-order valence-corrected chi connectivity index (χ4v) is 2.35. The topological polar surface area (TPSA) is 63.8 Å². The number of likely N-dealkylation sites (N-methyl/N-ethyl adjacent to an activating group) is 1. The van der Waals surface area contributed by atoms with E-state index in [0.717, 1.165) is 24.2 Å². The van der Waals surface area contributed by atoms with Crippen LogP contribution in [0.15, 0.2) is 22.9 Å². The van der Waals surface area contributed by atoms with Crippen LogP contribution in [0.5, 0.6) is 0 Å². The lowest BCUT2D eigenvalue weighted by Crippen LogP contribution is -2.33. The van der Waals surface area contributed by atoms with Crippen LogP contribution in [0, 0.1) is 6.92 Å². The van der Waals surface area contributed by atoms with E-state index >= 15 is 0 Å². The van der Waals surface area contributed by atoms with Crippen molar-refractivity contribution >= 4 is 0 Å². The van der Waals surface area contributed by atoms with Gasteiger partial charge in [-0.15, -0.1) is 0 Å². The molecule has 2 rings (SSSR count). The first kappa shape index (κ1) is 14.7. The lowest BCUT2D eigenvalue weighted by molar-refractivity contribution is 0.321. The highest BCUT2D eigenvalue weighted by Crippen LogP contribution is 2.23. The lowest BCUT2D eigenvalue weighted by Gasteiger charge is -2.20. The SMILES string of the molecule is CCNC(CC)C(C)c1nc(-c2ncccc2C)no1. The predicted octanol–water partition coefficient (Wildman–Crippen LogP) is 2.93. The van der Waals surface area contributed by atoms with E-state index in [1.807, 2.05) is 19.1 Å². The molecule has 0 aliphatic heterocycles. The number of nitrogens with one attached hydrogen (secondary N) is 1. The molecule has 5 heteroatoms. The monoisotopic (exact) mass is 274 g/mol. The predicted molar refractivity (Wildman–Crippen MR) is 78.4 cm³/mol. The second kappa shape index (κ2) is 6.61. The molecule has 0 aromatic carbocycles. The van der Waals surface area contributed by atoms with Gasteiger partial charge < -0.3 is 9.84 Å². The van der Waals surface area contributed by atoms with Crippen LogP contribution < -0.4 is 5.32 Å². The summed E-state index contributed by atoms with van der Waals surface area (Å²) in [7, 11) is 0. The van der Waals surface area contributed by atoms with Gasteiger partial charge in [-0.3, -0.25) is 4.98 Å². The summed E-state index contributed by atoms with van der Waals surface area (Å²) in [5, 5.41) is 7.52. The number of rotatable bonds is 6. The molecule has 20 heavy (non-hydrogen) atoms. The molecule has 0 fully saturated rings. The van der Waals surface area contributed by atoms with Gasteiger partial charge in [0.25, 0.3) is 0 Å². The highest BCUT2D eigenvalue weighted by molar-refractivity contribution is 5.53. The van der Waals surface area contributed by atoms with Crippen molar-refractivity contribution in [1.29, 1.82) is 0 Å². The molecular weight excluding hydrogens is 252 g/mol. The largest absolute Gasteiger partial charge is 0.339 e. The Hall–Kier alpha value is -1.75. The van der Waals surface area contributed by atoms with Crippen molar-refractivity contribution in [3.63, 3.8) is 0 Å². The van der Waals surface area contributed by atoms with E-state index in [1.54, 1.807) is 6.20 Å². The Morgan fingerprint density at radius 1 is 1.35 bits per heavy atom. The maximum Gasteiger partial charge on any atom is 0.231 e. The third-order valence-electron chi connectivity index (χ3n) is 3.56. The Labute approximate surface area is 119 Å². The van der Waals surface area contributed by atoms with Crippen molar-refractivity contribution in [2.45, 2.75) is 46.1 Å². The first-order valence-electron chi connectivity index (χ1n) is 7.16. The van der Waals surface area contributed by atoms with Gasteiger partial charge in [0.2, 0.25) is 11.7 Å². The Morgan fingerprint density at radius 2 is 2.15 bits per heavy atom. The molecular formula is C15H22N4O. The van der Waals surface area contributed by atoms with Gasteiger partial charge in [0.05, 0.1) is 5.92 Å². The maximum absolute atomic E-state index is 5.42. The highest BCUT2D eigenvalue weighted by Gasteiger charge is 2.23. The van der Waals surface area contributed by atoms with Crippen molar-refractivity contribution in [2.24, 2.45) is 0 Å². The van der Waals surface area contributed by atoms with Gasteiger partial charge >= 0.3 is 0 Å². The van der Waals surface area contributed by atoms with Crippen molar-refractivity contribution in [3.05, 3.63) is 29.8 Å². The van der Waals surface area contributed by atoms with Crippen LogP contribution >= 0.6 is 0 Å². The normalized spacial score (nSPS) is 14.2. The summed E-state index contributed by atoms with van der Waals surface area (Å²) in [4.78, 5) is 8.83. The Balaban J connectivity index is 2.22. The molecule has 2 aromatic rings. The zero-order valence-electron chi connectivity index (χ0n) is 12.6. The van der Waals surface area contributed by atoms with Crippen molar-refractivity contribution in [2.75, 3.05) is 6.54 Å². The number of hydrogen-bond acceptors (Lipinski definition) is 5. The summed E-state index contributed by atoms with van der Waals surface area (Å²) in [6.07, 6.45) is 2.77. The molecule has 2 unspecified atom stereocenters. The summed E-state index contributed by atoms with van der Waals surface area (Å²) >= 11 is 0. The minimum absolute atomic E-state index is 0.185. The van der Waals surface area contributed by atoms with Gasteiger partial charge in [-0.2, -0.15) is 4.98 Å². The smallest absolute Gasteiger partial charge is 0.231 e. The summed E-state index contributed by atoms with van der Waals surface area (Å²) in [5.41, 5.74) is 1.83. The minimum Gasteiger partial charge on any atom is -0.339 e. The molecule has 0 saturated carbocycles. The fraction of sp³-hybridized carbons (Fsp3) is 0.533. The quantitative estimate of drug-likeness (QED) is 0.877. The van der Waals surface area contributed by atoms with Crippen LogP contribution in [0.4, 0.5) is 0 Å². The van der Waals surface area contributed by atoms with Crippen molar-refractivity contribution in [1.82, 2.24) is 20.4 Å². The van der Waals surface area contributed by atoms with E-state index in [-0.39, 0.29) is 5.92 Å². The van der Waals surface area contributed by atoms with Gasteiger partial charge in [-0.1, -0.05) is 32.0 Å². The van der Waals surface area contributed by atoms with Crippen LogP contribution in [0.2, 0.25) is 0 Å². The molecule has 0 saturated heterocycles. The third kappa shape index (κ3) is 3.04. The van der Waals surface area contributed by atoms with Gasteiger partial charge in [0.1, 0.15) is 5.69 Å². The summed E-state index contributed by atoms with van der Waals surface area (Å²) in [6.45, 7) is 9.30. The molecule has 2 heterocycles. The lowest BCUT2D eigenvalue weighted by atomic mass is 9.99. The number of nitrogens with zero attached hydrogens (tertiary/aromatic N) is 3. The van der Waals surface area contributed by atoms with Crippen LogP contribution in [0.1, 0.15) is 44.6 Å². The van der Waals surface area contributed by atoms with E-state index < -0.39 is 0 Å². The van der Waals surface area contributed by atoms with Gasteiger partial charge in [-0.25, -0.2) is 0 Å². The van der Waals surface area contributed by atoms with Gasteiger partial charge in [0.15, 0.2) is 0 Å². The molecule has 0 bridgehead atoms. The van der Waals surface area contributed by atoms with Crippen LogP contribution in [0.25, 0.3) is 11.5 Å². The van der Waals surface area contributed by atoms with E-state index in [9.17, 15) is 0 Å². The molecule has 0 aliphatic carbocycles. The average Bonchev–Trinajstić information content (AvgIpc) is 2.94. The zero-order valence-corrected chi connectivity index (χ0v) is 12.6. The molecule has 2 atom stereocenters. The van der Waals surface area contributed by atoms with E-state index in [1.165, 1.54) is 0 Å². The first-order valence-corrected chi connectivity index (χ1v) is 7.16. The van der Waals surface area contributed by atoms with E-state index in [0.29, 0.717) is 17.8 Å². The Kier molecular flexibility index (Phi) is 4.84. The summed E-state index contributed by atoms with van der Waals surface area (Å²) < 4.78 is 5.42. The molecule has 0 radical (unpaired) electrons. The number of aromatic nitrogens is 3. The number of pyridine rings is 1. The third-order valence-corrected chi connectivity index (χ3v) is 3.56. The van der Waals surface area contributed by atoms with Crippen molar-refractivity contribution in [3.8, 4) is 11.5 Å². The summed E-state index contributed by atoms with van der Waals surface area (Å²) in [5.74, 6) is 1.42. The second-order valence-electron chi connectivity index (χ2n) is 4.99. The Bertz CT molecular complexity index is 552. The molecule has 0 amide bonds. The van der Waals surface area contributed by atoms with E-state index in [4.69, 9.17) is 4.52 Å². The molecule has 2 aromatic heterocycles. The highest BCUT2D eigenvalue weighted by atomic mass is 16.5. The molecule has 5 nitrogen and oxygen atoms in total. The van der Waals surface area contributed by atoms with Crippen LogP contribution in [-0.2, 0) is 0 Å². The molecule has 0 aliphatic rings. The first-order chi connectivity index (χ1) is 9.67. The number of hydrogen-bond donors (Lipinski definition) is 1.